The number of nitrogens with zero attached hydrogens (tertiary/aromatic N) is 2. The van der Waals surface area contributed by atoms with Crippen LogP contribution in [0.25, 0.3) is 22.2 Å². The summed E-state index contributed by atoms with van der Waals surface area (Å²) in [6, 6.07) is 13.1. The Morgan fingerprint density at radius 2 is 1.70 bits per heavy atom. The van der Waals surface area contributed by atoms with Crippen LogP contribution in [0.4, 0.5) is 0 Å². The molecule has 0 unspecified atom stereocenters. The van der Waals surface area contributed by atoms with Crippen LogP contribution >= 0.6 is 11.8 Å². The largest absolute Gasteiger partial charge is 0.497 e. The van der Waals surface area contributed by atoms with Gasteiger partial charge < -0.3 is 18.9 Å². The fourth-order valence-electron chi connectivity index (χ4n) is 4.90. The zero-order valence-corrected chi connectivity index (χ0v) is 21.5. The molecule has 1 aromatic heterocycles. The molecule has 1 aliphatic rings. The number of thioether (sulfide) groups is 1. The second-order valence-electron chi connectivity index (χ2n) is 9.04. The SMILES string of the molecule is CCCCN(C)CCCCCn1c2c(c3cc(OC)ccc31)CCSc1cc(OC)ccc1-2. The molecule has 0 saturated heterocycles. The highest BCUT2D eigenvalue weighted by atomic mass is 32.2. The maximum Gasteiger partial charge on any atom is 0.120 e. The minimum atomic E-state index is 0.932. The van der Waals surface area contributed by atoms with Crippen molar-refractivity contribution in [1.29, 1.82) is 0 Å². The monoisotopic (exact) mass is 466 g/mol. The number of unbranched alkanes of at least 4 members (excludes halogenated alkanes) is 3. The molecule has 0 saturated carbocycles. The van der Waals surface area contributed by atoms with E-state index >= 15 is 0 Å². The van der Waals surface area contributed by atoms with Crippen molar-refractivity contribution in [1.82, 2.24) is 9.47 Å². The van der Waals surface area contributed by atoms with Gasteiger partial charge in [-0.15, -0.1) is 11.8 Å². The van der Waals surface area contributed by atoms with E-state index in [1.165, 1.54) is 77.8 Å². The van der Waals surface area contributed by atoms with E-state index in [4.69, 9.17) is 9.47 Å². The molecule has 3 aromatic rings. The molecule has 0 bridgehead atoms. The summed E-state index contributed by atoms with van der Waals surface area (Å²) < 4.78 is 13.7. The van der Waals surface area contributed by atoms with Gasteiger partial charge in [-0.1, -0.05) is 19.8 Å². The quantitative estimate of drug-likeness (QED) is 0.288. The molecule has 0 atom stereocenters. The number of ether oxygens (including phenoxy) is 2. The summed E-state index contributed by atoms with van der Waals surface area (Å²) in [7, 11) is 5.76. The van der Waals surface area contributed by atoms with E-state index in [2.05, 4.69) is 59.8 Å². The predicted molar refractivity (Wildman–Crippen MR) is 141 cm³/mol. The van der Waals surface area contributed by atoms with Crippen LogP contribution in [-0.2, 0) is 13.0 Å². The average molecular weight is 467 g/mol. The molecule has 0 amide bonds. The first-order chi connectivity index (χ1) is 16.2. The standard InChI is InChI=1S/C28H38N2O2S/c1-5-6-15-29(2)16-8-7-9-17-30-26-13-11-21(31-3)19-25(26)23-14-18-33-27-20-22(32-4)10-12-24(27)28(23)30/h10-13,19-20H,5-9,14-18H2,1-4H3. The number of rotatable bonds is 11. The lowest BCUT2D eigenvalue weighted by molar-refractivity contribution is 0.318. The molecule has 0 fully saturated rings. The Hall–Kier alpha value is -2.11. The van der Waals surface area contributed by atoms with Crippen molar-refractivity contribution in [3.63, 3.8) is 0 Å². The van der Waals surface area contributed by atoms with Gasteiger partial charge in [-0.3, -0.25) is 0 Å². The highest BCUT2D eigenvalue weighted by Gasteiger charge is 2.24. The number of methoxy groups -OCH3 is 2. The van der Waals surface area contributed by atoms with Gasteiger partial charge in [0.25, 0.3) is 0 Å². The predicted octanol–water partition coefficient (Wildman–Crippen LogP) is 6.88. The van der Waals surface area contributed by atoms with Gasteiger partial charge in [-0.25, -0.2) is 0 Å². The van der Waals surface area contributed by atoms with Gasteiger partial charge >= 0.3 is 0 Å². The van der Waals surface area contributed by atoms with Crippen molar-refractivity contribution in [3.8, 4) is 22.8 Å². The smallest absolute Gasteiger partial charge is 0.120 e. The van der Waals surface area contributed by atoms with Crippen LogP contribution in [0.15, 0.2) is 41.3 Å². The molecule has 1 aliphatic heterocycles. The van der Waals surface area contributed by atoms with Gasteiger partial charge in [0.2, 0.25) is 0 Å². The Morgan fingerprint density at radius 3 is 2.48 bits per heavy atom. The minimum Gasteiger partial charge on any atom is -0.497 e. The molecule has 0 aliphatic carbocycles. The molecule has 178 valence electrons. The lowest BCUT2D eigenvalue weighted by Gasteiger charge is -2.17. The Labute approximate surface area is 203 Å². The van der Waals surface area contributed by atoms with E-state index in [1.807, 2.05) is 11.8 Å². The minimum absolute atomic E-state index is 0.932. The van der Waals surface area contributed by atoms with E-state index < -0.39 is 0 Å². The number of benzene rings is 2. The second kappa shape index (κ2) is 11.3. The van der Waals surface area contributed by atoms with Crippen molar-refractivity contribution in [2.45, 2.75) is 56.9 Å². The van der Waals surface area contributed by atoms with Crippen molar-refractivity contribution >= 4 is 22.7 Å². The van der Waals surface area contributed by atoms with Gasteiger partial charge in [-0.2, -0.15) is 0 Å². The van der Waals surface area contributed by atoms with E-state index in [1.54, 1.807) is 14.2 Å². The average Bonchev–Trinajstić information content (AvgIpc) is 3.01. The number of fused-ring (bicyclic) bond motifs is 5. The molecule has 2 aromatic carbocycles. The zero-order chi connectivity index (χ0) is 23.2. The maximum atomic E-state index is 5.58. The second-order valence-corrected chi connectivity index (χ2v) is 10.2. The number of hydrogen-bond acceptors (Lipinski definition) is 4. The number of aromatic nitrogens is 1. The Balaban J connectivity index is 1.62. The molecule has 2 heterocycles. The van der Waals surface area contributed by atoms with Gasteiger partial charge in [0.05, 0.1) is 19.9 Å². The summed E-state index contributed by atoms with van der Waals surface area (Å²) in [6.45, 7) is 5.72. The van der Waals surface area contributed by atoms with Crippen molar-refractivity contribution < 1.29 is 9.47 Å². The molecule has 0 N–H and O–H groups in total. The third kappa shape index (κ3) is 5.36. The molecule has 4 nitrogen and oxygen atoms in total. The van der Waals surface area contributed by atoms with Crippen LogP contribution in [0.1, 0.15) is 44.6 Å². The molecule has 4 rings (SSSR count). The lowest BCUT2D eigenvalue weighted by atomic mass is 10.0. The first kappa shape index (κ1) is 24.0. The number of hydrogen-bond donors (Lipinski definition) is 0. The van der Waals surface area contributed by atoms with E-state index in [0.717, 1.165) is 30.2 Å². The van der Waals surface area contributed by atoms with Gasteiger partial charge in [0.1, 0.15) is 11.5 Å². The summed E-state index contributed by atoms with van der Waals surface area (Å²) in [6.07, 6.45) is 7.35. The molecule has 33 heavy (non-hydrogen) atoms. The van der Waals surface area contributed by atoms with Gasteiger partial charge in [0, 0.05) is 33.7 Å². The Bertz CT molecular complexity index is 1080. The van der Waals surface area contributed by atoms with Crippen LogP contribution in [0.2, 0.25) is 0 Å². The first-order valence-electron chi connectivity index (χ1n) is 12.3. The van der Waals surface area contributed by atoms with Crippen LogP contribution in [-0.4, -0.2) is 49.6 Å². The third-order valence-corrected chi connectivity index (χ3v) is 7.80. The molecule has 0 radical (unpaired) electrons. The highest BCUT2D eigenvalue weighted by molar-refractivity contribution is 7.99. The van der Waals surface area contributed by atoms with Crippen molar-refractivity contribution in [3.05, 3.63) is 42.0 Å². The van der Waals surface area contributed by atoms with Crippen LogP contribution in [0.5, 0.6) is 11.5 Å². The number of aryl methyl sites for hydroxylation is 2. The third-order valence-electron chi connectivity index (χ3n) is 6.74. The first-order valence-corrected chi connectivity index (χ1v) is 13.3. The summed E-state index contributed by atoms with van der Waals surface area (Å²) in [5.74, 6) is 2.94. The summed E-state index contributed by atoms with van der Waals surface area (Å²) in [5.41, 5.74) is 5.51. The Kier molecular flexibility index (Phi) is 8.26. The highest BCUT2D eigenvalue weighted by Crippen LogP contribution is 2.44. The normalized spacial score (nSPS) is 13.1. The van der Waals surface area contributed by atoms with E-state index in [-0.39, 0.29) is 0 Å². The van der Waals surface area contributed by atoms with E-state index in [0.29, 0.717) is 0 Å². The Morgan fingerprint density at radius 1 is 0.939 bits per heavy atom. The summed E-state index contributed by atoms with van der Waals surface area (Å²) >= 11 is 1.94. The maximum absolute atomic E-state index is 5.58. The lowest BCUT2D eigenvalue weighted by Crippen LogP contribution is -2.20. The van der Waals surface area contributed by atoms with Crippen LogP contribution < -0.4 is 9.47 Å². The van der Waals surface area contributed by atoms with Gasteiger partial charge in [-0.05, 0) is 87.8 Å². The van der Waals surface area contributed by atoms with Crippen LogP contribution in [0, 0.1) is 0 Å². The van der Waals surface area contributed by atoms with Crippen molar-refractivity contribution in [2.75, 3.05) is 40.1 Å². The van der Waals surface area contributed by atoms with Gasteiger partial charge in [0.15, 0.2) is 0 Å². The zero-order valence-electron chi connectivity index (χ0n) is 20.7. The fourth-order valence-corrected chi connectivity index (χ4v) is 5.95. The molecule has 5 heteroatoms. The van der Waals surface area contributed by atoms with Crippen LogP contribution in [0.3, 0.4) is 0 Å². The topological polar surface area (TPSA) is 26.6 Å². The molecular formula is C28H38N2O2S. The summed E-state index contributed by atoms with van der Waals surface area (Å²) in [5, 5.41) is 1.34. The van der Waals surface area contributed by atoms with Crippen molar-refractivity contribution in [2.24, 2.45) is 0 Å². The molecule has 0 spiro atoms. The fraction of sp³-hybridized carbons (Fsp3) is 0.500. The molecular weight excluding hydrogens is 428 g/mol. The van der Waals surface area contributed by atoms with E-state index in [9.17, 15) is 0 Å². The summed E-state index contributed by atoms with van der Waals surface area (Å²) in [4.78, 5) is 3.80.